The monoisotopic (exact) mass is 283 g/mol. The van der Waals surface area contributed by atoms with Crippen molar-refractivity contribution in [2.24, 2.45) is 0 Å². The van der Waals surface area contributed by atoms with Crippen LogP contribution in [0.3, 0.4) is 0 Å². The van der Waals surface area contributed by atoms with E-state index in [0.29, 0.717) is 0 Å². The fourth-order valence-corrected chi connectivity index (χ4v) is 1.89. The molecular formula is C12H17N3O5. The van der Waals surface area contributed by atoms with E-state index < -0.39 is 31.2 Å². The van der Waals surface area contributed by atoms with E-state index in [1.807, 2.05) is 13.0 Å². The van der Waals surface area contributed by atoms with Crippen LogP contribution >= 0.6 is 0 Å². The smallest absolute Gasteiger partial charge is 0.184 e. The number of aliphatic hydroxyl groups excluding tert-OH is 4. The lowest BCUT2D eigenvalue weighted by Gasteiger charge is -2.09. The summed E-state index contributed by atoms with van der Waals surface area (Å²) in [6, 6.07) is 2.02. The van der Waals surface area contributed by atoms with Crippen molar-refractivity contribution in [3.8, 4) is 0 Å². The molecular weight excluding hydrogens is 266 g/mol. The summed E-state index contributed by atoms with van der Waals surface area (Å²) < 4.78 is 4.54. The molecule has 1 aliphatic rings. The van der Waals surface area contributed by atoms with Gasteiger partial charge in [-0.25, -0.2) is 9.97 Å². The lowest BCUT2D eigenvalue weighted by atomic mass is 10.1. The summed E-state index contributed by atoms with van der Waals surface area (Å²) in [6.45, 7) is 1.59. The summed E-state index contributed by atoms with van der Waals surface area (Å²) >= 11 is 0. The van der Waals surface area contributed by atoms with E-state index in [2.05, 4.69) is 19.7 Å². The van der Waals surface area contributed by atoms with Gasteiger partial charge in [-0.05, 0) is 13.0 Å². The first-order chi connectivity index (χ1) is 9.52. The topological polar surface area (TPSA) is 132 Å². The maximum absolute atomic E-state index is 8.93. The molecule has 20 heavy (non-hydrogen) atoms. The van der Waals surface area contributed by atoms with Crippen LogP contribution in [0.1, 0.15) is 5.69 Å². The Morgan fingerprint density at radius 1 is 1.30 bits per heavy atom. The number of aryl methyl sites for hydroxylation is 1. The fourth-order valence-electron chi connectivity index (χ4n) is 1.89. The van der Waals surface area contributed by atoms with Gasteiger partial charge in [0.1, 0.15) is 30.3 Å². The Bertz CT molecular complexity index is 528. The van der Waals surface area contributed by atoms with Gasteiger partial charge in [-0.1, -0.05) is 0 Å². The van der Waals surface area contributed by atoms with Gasteiger partial charge in [0.2, 0.25) is 0 Å². The van der Waals surface area contributed by atoms with E-state index in [0.717, 1.165) is 16.7 Å². The summed E-state index contributed by atoms with van der Waals surface area (Å²) in [5.41, 5.74) is 2.03. The third-order valence-electron chi connectivity index (χ3n) is 2.95. The second-order valence-electron chi connectivity index (χ2n) is 4.51. The summed E-state index contributed by atoms with van der Waals surface area (Å²) in [5, 5.41) is 36.0. The van der Waals surface area contributed by atoms with E-state index in [4.69, 9.17) is 20.4 Å². The maximum Gasteiger partial charge on any atom is 0.184 e. The van der Waals surface area contributed by atoms with E-state index in [1.54, 1.807) is 6.20 Å². The van der Waals surface area contributed by atoms with Crippen molar-refractivity contribution in [2.45, 2.75) is 31.5 Å². The van der Waals surface area contributed by atoms with E-state index in [1.165, 1.54) is 6.33 Å². The van der Waals surface area contributed by atoms with Crippen molar-refractivity contribution in [1.29, 1.82) is 0 Å². The molecule has 0 bridgehead atoms. The number of aromatic amines is 1. The molecule has 1 saturated heterocycles. The number of hydrogen-bond donors (Lipinski definition) is 5. The second-order valence-corrected chi connectivity index (χ2v) is 4.51. The van der Waals surface area contributed by atoms with Crippen LogP contribution in [0, 0.1) is 6.92 Å². The molecule has 4 atom stereocenters. The molecule has 0 aromatic carbocycles. The summed E-state index contributed by atoms with van der Waals surface area (Å²) in [7, 11) is 0. The Morgan fingerprint density at radius 2 is 2.05 bits per heavy atom. The molecule has 8 nitrogen and oxygen atoms in total. The van der Waals surface area contributed by atoms with Gasteiger partial charge in [-0.15, -0.1) is 0 Å². The van der Waals surface area contributed by atoms with Crippen LogP contribution in [-0.4, -0.2) is 66.6 Å². The molecule has 0 amide bonds. The predicted octanol–water partition coefficient (Wildman–Crippen LogP) is -1.32. The lowest BCUT2D eigenvalue weighted by molar-refractivity contribution is -0.132. The Morgan fingerprint density at radius 3 is 2.55 bits per heavy atom. The molecule has 0 radical (unpaired) electrons. The average molecular weight is 283 g/mol. The van der Waals surface area contributed by atoms with Gasteiger partial charge in [-0.3, -0.25) is 0 Å². The van der Waals surface area contributed by atoms with Crippen LogP contribution in [0.5, 0.6) is 0 Å². The third kappa shape index (κ3) is 3.11. The molecule has 110 valence electrons. The van der Waals surface area contributed by atoms with Gasteiger partial charge < -0.3 is 30.1 Å². The van der Waals surface area contributed by atoms with Crippen molar-refractivity contribution in [1.82, 2.24) is 15.0 Å². The Hall–Kier alpha value is -1.58. The summed E-state index contributed by atoms with van der Waals surface area (Å²) in [4.78, 5) is 11.0. The highest BCUT2D eigenvalue weighted by Crippen LogP contribution is 2.18. The zero-order valence-electron chi connectivity index (χ0n) is 10.8. The molecule has 1 aliphatic heterocycles. The molecule has 8 heteroatoms. The number of nitrogens with one attached hydrogen (secondary N) is 1. The number of rotatable bonds is 1. The van der Waals surface area contributed by atoms with Crippen LogP contribution < -0.4 is 0 Å². The van der Waals surface area contributed by atoms with Crippen LogP contribution in [0.15, 0.2) is 18.6 Å². The first-order valence-electron chi connectivity index (χ1n) is 6.08. The van der Waals surface area contributed by atoms with Gasteiger partial charge in [0, 0.05) is 17.3 Å². The van der Waals surface area contributed by atoms with Crippen LogP contribution in [0.25, 0.3) is 11.0 Å². The number of hydrogen-bond acceptors (Lipinski definition) is 7. The van der Waals surface area contributed by atoms with Crippen LogP contribution in [0.4, 0.5) is 0 Å². The number of nitrogens with zero attached hydrogens (tertiary/aromatic N) is 2. The number of aromatic nitrogens is 3. The molecule has 3 heterocycles. The molecule has 1 fully saturated rings. The third-order valence-corrected chi connectivity index (χ3v) is 2.95. The minimum Gasteiger partial charge on any atom is -0.394 e. The molecule has 0 spiro atoms. The highest BCUT2D eigenvalue weighted by Gasteiger charge is 2.41. The van der Waals surface area contributed by atoms with Crippen molar-refractivity contribution >= 4 is 11.0 Å². The van der Waals surface area contributed by atoms with Gasteiger partial charge in [0.25, 0.3) is 0 Å². The minimum atomic E-state index is -1.38. The first-order valence-corrected chi connectivity index (χ1v) is 6.08. The molecule has 3 rings (SSSR count). The highest BCUT2D eigenvalue weighted by molar-refractivity contribution is 5.74. The van der Waals surface area contributed by atoms with Crippen molar-refractivity contribution in [2.75, 3.05) is 6.61 Å². The van der Waals surface area contributed by atoms with Crippen LogP contribution in [-0.2, 0) is 4.74 Å². The number of fused-ring (bicyclic) bond motifs is 1. The normalized spacial score (nSPS) is 29.2. The zero-order valence-corrected chi connectivity index (χ0v) is 10.8. The summed E-state index contributed by atoms with van der Waals surface area (Å²) in [5.74, 6) is 0. The zero-order chi connectivity index (χ0) is 14.7. The average Bonchev–Trinajstić information content (AvgIpc) is 2.93. The van der Waals surface area contributed by atoms with Gasteiger partial charge in [0.15, 0.2) is 6.29 Å². The molecule has 1 unspecified atom stereocenters. The number of H-pyrrole nitrogens is 1. The second kappa shape index (κ2) is 6.25. The largest absolute Gasteiger partial charge is 0.394 e. The lowest BCUT2D eigenvalue weighted by Crippen LogP contribution is -2.33. The molecule has 0 aliphatic carbocycles. The number of ether oxygens (including phenoxy) is 1. The molecule has 2 aromatic rings. The SMILES string of the molecule is Cc1cc2cncnc2[nH]1.OC[C@H]1OC(O)[C@H](O)[C@@H]1O. The van der Waals surface area contributed by atoms with E-state index >= 15 is 0 Å². The van der Waals surface area contributed by atoms with E-state index in [-0.39, 0.29) is 0 Å². The fraction of sp³-hybridized carbons (Fsp3) is 0.500. The van der Waals surface area contributed by atoms with Crippen LogP contribution in [0.2, 0.25) is 0 Å². The van der Waals surface area contributed by atoms with Gasteiger partial charge in [0.05, 0.1) is 6.61 Å². The standard InChI is InChI=1S/C7H7N3.C5H10O5/c1-5-2-6-3-8-4-9-7(6)10-5;6-1-2-3(7)4(8)5(9)10-2/h2-4H,1H3,(H,8,9,10);2-9H,1H2/t;2-,3-,4-,5?/m.1/s1. The predicted molar refractivity (Wildman–Crippen MR) is 68.6 cm³/mol. The van der Waals surface area contributed by atoms with Gasteiger partial charge in [-0.2, -0.15) is 0 Å². The van der Waals surface area contributed by atoms with Crippen molar-refractivity contribution in [3.63, 3.8) is 0 Å². The summed E-state index contributed by atoms with van der Waals surface area (Å²) in [6.07, 6.45) is -1.42. The Labute approximate surface area is 114 Å². The highest BCUT2D eigenvalue weighted by atomic mass is 16.6. The molecule has 2 aromatic heterocycles. The quantitative estimate of drug-likeness (QED) is 0.438. The van der Waals surface area contributed by atoms with Crippen molar-refractivity contribution in [3.05, 3.63) is 24.3 Å². The Balaban J connectivity index is 0.000000147. The minimum absolute atomic E-state index is 0.407. The van der Waals surface area contributed by atoms with Crippen molar-refractivity contribution < 1.29 is 25.2 Å². The maximum atomic E-state index is 8.93. The first kappa shape index (κ1) is 14.8. The number of aliphatic hydroxyl groups is 4. The Kier molecular flexibility index (Phi) is 4.63. The van der Waals surface area contributed by atoms with Gasteiger partial charge >= 0.3 is 0 Å². The molecule has 5 N–H and O–H groups in total. The molecule has 0 saturated carbocycles. The van der Waals surface area contributed by atoms with E-state index in [9.17, 15) is 0 Å².